The van der Waals surface area contributed by atoms with Gasteiger partial charge in [-0.25, -0.2) is 4.98 Å². The molecule has 1 aromatic rings. The molecule has 0 bridgehead atoms. The fourth-order valence-electron chi connectivity index (χ4n) is 2.79. The summed E-state index contributed by atoms with van der Waals surface area (Å²) >= 11 is 0. The van der Waals surface area contributed by atoms with Gasteiger partial charge in [0.15, 0.2) is 5.89 Å². The van der Waals surface area contributed by atoms with E-state index in [4.69, 9.17) is 10.2 Å². The van der Waals surface area contributed by atoms with Gasteiger partial charge < -0.3 is 20.4 Å². The molecule has 8 heteroatoms. The number of aryl methyl sites for hydroxylation is 2. The molecule has 1 aromatic heterocycles. The smallest absolute Gasteiger partial charge is 0.291 e. The molecule has 130 valence electrons. The van der Waals surface area contributed by atoms with Crippen molar-refractivity contribution < 1.29 is 14.0 Å². The number of amides is 2. The molecule has 1 aliphatic heterocycles. The predicted octanol–water partition coefficient (Wildman–Crippen LogP) is 1.17. The van der Waals surface area contributed by atoms with Crippen LogP contribution in [0, 0.1) is 13.8 Å². The van der Waals surface area contributed by atoms with Crippen molar-refractivity contribution in [3.63, 3.8) is 0 Å². The SMILES string of the molecule is Cc1nc(C)c(C(=O)N2CCCCC2CNC(=O)CCN)o1.Cl. The highest BCUT2D eigenvalue weighted by molar-refractivity contribution is 5.92. The van der Waals surface area contributed by atoms with E-state index < -0.39 is 0 Å². The number of nitrogens with one attached hydrogen (secondary N) is 1. The van der Waals surface area contributed by atoms with Crippen LogP contribution in [0.5, 0.6) is 0 Å². The highest BCUT2D eigenvalue weighted by atomic mass is 35.5. The molecule has 3 N–H and O–H groups in total. The molecule has 2 heterocycles. The predicted molar refractivity (Wildman–Crippen MR) is 88.6 cm³/mol. The number of carbonyl (C=O) groups excluding carboxylic acids is 2. The van der Waals surface area contributed by atoms with Crippen molar-refractivity contribution in [1.82, 2.24) is 15.2 Å². The summed E-state index contributed by atoms with van der Waals surface area (Å²) in [6.07, 6.45) is 3.20. The molecule has 23 heavy (non-hydrogen) atoms. The zero-order valence-corrected chi connectivity index (χ0v) is 14.4. The lowest BCUT2D eigenvalue weighted by molar-refractivity contribution is -0.121. The first kappa shape index (κ1) is 19.4. The van der Waals surface area contributed by atoms with Gasteiger partial charge in [0.1, 0.15) is 0 Å². The van der Waals surface area contributed by atoms with Crippen LogP contribution >= 0.6 is 12.4 Å². The van der Waals surface area contributed by atoms with Crippen molar-refractivity contribution in [2.24, 2.45) is 5.73 Å². The number of hydrogen-bond acceptors (Lipinski definition) is 5. The summed E-state index contributed by atoms with van der Waals surface area (Å²) in [7, 11) is 0. The molecular formula is C15H25ClN4O3. The maximum atomic E-state index is 12.7. The number of halogens is 1. The van der Waals surface area contributed by atoms with E-state index in [-0.39, 0.29) is 30.3 Å². The van der Waals surface area contributed by atoms with Gasteiger partial charge >= 0.3 is 0 Å². The Labute approximate surface area is 142 Å². The first-order chi connectivity index (χ1) is 10.5. The van der Waals surface area contributed by atoms with Crippen molar-refractivity contribution in [2.75, 3.05) is 19.6 Å². The minimum Gasteiger partial charge on any atom is -0.436 e. The first-order valence-electron chi connectivity index (χ1n) is 7.74. The van der Waals surface area contributed by atoms with E-state index >= 15 is 0 Å². The minimum absolute atomic E-state index is 0. The zero-order chi connectivity index (χ0) is 16.1. The maximum absolute atomic E-state index is 12.7. The van der Waals surface area contributed by atoms with Crippen LogP contribution in [0.15, 0.2) is 4.42 Å². The molecule has 1 atom stereocenters. The van der Waals surface area contributed by atoms with E-state index in [1.54, 1.807) is 18.7 Å². The molecule has 1 aliphatic rings. The number of nitrogens with two attached hydrogens (primary N) is 1. The highest BCUT2D eigenvalue weighted by Crippen LogP contribution is 2.21. The van der Waals surface area contributed by atoms with Gasteiger partial charge in [-0.1, -0.05) is 0 Å². The summed E-state index contributed by atoms with van der Waals surface area (Å²) in [5, 5.41) is 2.85. The monoisotopic (exact) mass is 344 g/mol. The van der Waals surface area contributed by atoms with E-state index in [1.165, 1.54) is 0 Å². The van der Waals surface area contributed by atoms with Crippen LogP contribution in [-0.4, -0.2) is 47.4 Å². The molecule has 1 unspecified atom stereocenters. The van der Waals surface area contributed by atoms with Crippen LogP contribution in [0.4, 0.5) is 0 Å². The largest absolute Gasteiger partial charge is 0.436 e. The van der Waals surface area contributed by atoms with Gasteiger partial charge in [-0.15, -0.1) is 12.4 Å². The molecule has 0 spiro atoms. The third kappa shape index (κ3) is 4.94. The first-order valence-corrected chi connectivity index (χ1v) is 7.74. The summed E-state index contributed by atoms with van der Waals surface area (Å²) in [6.45, 7) is 4.96. The Bertz CT molecular complexity index is 547. The van der Waals surface area contributed by atoms with Gasteiger partial charge in [-0.3, -0.25) is 9.59 Å². The third-order valence-electron chi connectivity index (χ3n) is 3.89. The van der Waals surface area contributed by atoms with Crippen LogP contribution in [0.3, 0.4) is 0 Å². The number of rotatable bonds is 5. The second kappa shape index (κ2) is 8.88. The summed E-state index contributed by atoms with van der Waals surface area (Å²) in [4.78, 5) is 30.2. The third-order valence-corrected chi connectivity index (χ3v) is 3.89. The molecule has 0 radical (unpaired) electrons. The quantitative estimate of drug-likeness (QED) is 0.835. The number of piperidine rings is 1. The highest BCUT2D eigenvalue weighted by Gasteiger charge is 2.30. The van der Waals surface area contributed by atoms with Gasteiger partial charge in [0, 0.05) is 39.0 Å². The topological polar surface area (TPSA) is 101 Å². The van der Waals surface area contributed by atoms with E-state index in [0.717, 1.165) is 19.3 Å². The second-order valence-corrected chi connectivity index (χ2v) is 5.64. The minimum atomic E-state index is -0.143. The van der Waals surface area contributed by atoms with Gasteiger partial charge in [0.05, 0.1) is 5.69 Å². The van der Waals surface area contributed by atoms with Crippen molar-refractivity contribution in [3.8, 4) is 0 Å². The van der Waals surface area contributed by atoms with Crippen LogP contribution < -0.4 is 11.1 Å². The average Bonchev–Trinajstić information content (AvgIpc) is 2.84. The number of carbonyl (C=O) groups is 2. The standard InChI is InChI=1S/C15H24N4O3.ClH/c1-10-14(22-11(2)18-10)15(21)19-8-4-3-5-12(19)9-17-13(20)6-7-16;/h12H,3-9,16H2,1-2H3,(H,17,20);1H. The fourth-order valence-corrected chi connectivity index (χ4v) is 2.79. The number of hydrogen-bond donors (Lipinski definition) is 2. The molecule has 1 saturated heterocycles. The lowest BCUT2D eigenvalue weighted by Gasteiger charge is -2.35. The Morgan fingerprint density at radius 3 is 2.74 bits per heavy atom. The Kier molecular flexibility index (Phi) is 7.51. The van der Waals surface area contributed by atoms with Crippen molar-refractivity contribution in [2.45, 2.75) is 45.6 Å². The molecule has 2 amide bonds. The fraction of sp³-hybridized carbons (Fsp3) is 0.667. The Balaban J connectivity index is 0.00000264. The molecular weight excluding hydrogens is 320 g/mol. The van der Waals surface area contributed by atoms with E-state index in [9.17, 15) is 9.59 Å². The van der Waals surface area contributed by atoms with Crippen molar-refractivity contribution >= 4 is 24.2 Å². The summed E-state index contributed by atoms with van der Waals surface area (Å²) in [5.41, 5.74) is 5.97. The number of likely N-dealkylation sites (tertiary alicyclic amines) is 1. The number of oxazole rings is 1. The summed E-state index contributed by atoms with van der Waals surface area (Å²) in [6, 6.07) is -0.00668. The Morgan fingerprint density at radius 1 is 1.39 bits per heavy atom. The maximum Gasteiger partial charge on any atom is 0.291 e. The lowest BCUT2D eigenvalue weighted by Crippen LogP contribution is -2.49. The molecule has 2 rings (SSSR count). The van der Waals surface area contributed by atoms with Crippen molar-refractivity contribution in [1.29, 1.82) is 0 Å². The van der Waals surface area contributed by atoms with Crippen LogP contribution in [0.25, 0.3) is 0 Å². The van der Waals surface area contributed by atoms with Crippen LogP contribution in [0.1, 0.15) is 47.8 Å². The molecule has 1 fully saturated rings. The summed E-state index contributed by atoms with van der Waals surface area (Å²) in [5.74, 6) is 0.575. The second-order valence-electron chi connectivity index (χ2n) is 5.64. The molecule has 0 aromatic carbocycles. The number of nitrogens with zero attached hydrogens (tertiary/aromatic N) is 2. The van der Waals surface area contributed by atoms with E-state index in [2.05, 4.69) is 10.3 Å². The summed E-state index contributed by atoms with van der Waals surface area (Å²) < 4.78 is 5.44. The van der Waals surface area contributed by atoms with Gasteiger partial charge in [0.25, 0.3) is 5.91 Å². The van der Waals surface area contributed by atoms with Gasteiger partial charge in [0.2, 0.25) is 11.7 Å². The Hall–Kier alpha value is -1.60. The molecule has 0 saturated carbocycles. The van der Waals surface area contributed by atoms with E-state index in [0.29, 0.717) is 43.4 Å². The average molecular weight is 345 g/mol. The molecule has 0 aliphatic carbocycles. The number of aromatic nitrogens is 1. The van der Waals surface area contributed by atoms with Crippen LogP contribution in [-0.2, 0) is 4.79 Å². The zero-order valence-electron chi connectivity index (χ0n) is 13.6. The Morgan fingerprint density at radius 2 is 2.13 bits per heavy atom. The van der Waals surface area contributed by atoms with Gasteiger partial charge in [-0.2, -0.15) is 0 Å². The molecule has 7 nitrogen and oxygen atoms in total. The van der Waals surface area contributed by atoms with Crippen molar-refractivity contribution in [3.05, 3.63) is 17.3 Å². The van der Waals surface area contributed by atoms with E-state index in [1.807, 2.05) is 0 Å². The normalized spacial score (nSPS) is 17.5. The lowest BCUT2D eigenvalue weighted by atomic mass is 10.0. The van der Waals surface area contributed by atoms with Crippen LogP contribution in [0.2, 0.25) is 0 Å². The van der Waals surface area contributed by atoms with Gasteiger partial charge in [-0.05, 0) is 26.2 Å².